The van der Waals surface area contributed by atoms with Gasteiger partial charge in [0.1, 0.15) is 0 Å². The van der Waals surface area contributed by atoms with Gasteiger partial charge in [-0.05, 0) is 48.5 Å². The van der Waals surface area contributed by atoms with E-state index in [1.54, 1.807) is 0 Å². The Hall–Kier alpha value is -4.56. The molecule has 2 heterocycles. The first-order valence-corrected chi connectivity index (χ1v) is 11.6. The van der Waals surface area contributed by atoms with E-state index in [0.717, 1.165) is 0 Å². The Bertz CT molecular complexity index is 1750. The van der Waals surface area contributed by atoms with E-state index >= 15 is 0 Å². The number of rotatable bonds is 3. The van der Waals surface area contributed by atoms with E-state index in [4.69, 9.17) is 0 Å². The summed E-state index contributed by atoms with van der Waals surface area (Å²) in [5, 5.41) is 3.80. The van der Waals surface area contributed by atoms with Gasteiger partial charge in [0.2, 0.25) is 0 Å². The van der Waals surface area contributed by atoms with Gasteiger partial charge >= 0.3 is 0 Å². The quantitative estimate of drug-likeness (QED) is 0.264. The molecule has 0 amide bonds. The highest BCUT2D eigenvalue weighted by Crippen LogP contribution is 2.35. The third-order valence-corrected chi connectivity index (χ3v) is 6.71. The van der Waals surface area contributed by atoms with Crippen molar-refractivity contribution in [2.75, 3.05) is 0 Å². The zero-order valence-electron chi connectivity index (χ0n) is 18.6. The van der Waals surface area contributed by atoms with Gasteiger partial charge in [-0.1, -0.05) is 84.9 Å². The molecule has 0 atom stereocenters. The largest absolute Gasteiger partial charge is 0.309 e. The minimum Gasteiger partial charge on any atom is -0.309 e. The predicted molar refractivity (Wildman–Crippen MR) is 143 cm³/mol. The molecule has 0 unspecified atom stereocenters. The van der Waals surface area contributed by atoms with Crippen LogP contribution in [0.4, 0.5) is 0 Å². The lowest BCUT2D eigenvalue weighted by molar-refractivity contribution is 1.13. The second-order valence-electron chi connectivity index (χ2n) is 8.68. The van der Waals surface area contributed by atoms with E-state index in [2.05, 4.69) is 143 Å². The molecule has 2 nitrogen and oxygen atoms in total. The first-order valence-electron chi connectivity index (χ1n) is 11.6. The van der Waals surface area contributed by atoms with Crippen molar-refractivity contribution < 1.29 is 0 Å². The number of benzene rings is 5. The molecule has 160 valence electrons. The first-order chi connectivity index (χ1) is 16.9. The molecule has 0 aliphatic rings. The number of hydrogen-bond donors (Lipinski definition) is 0. The minimum absolute atomic E-state index is 1.17. The van der Waals surface area contributed by atoms with Crippen LogP contribution in [0.15, 0.2) is 133 Å². The molecular formula is C32H22N2. The molecule has 0 aliphatic heterocycles. The SMILES string of the molecule is c1ccc(-n2c(-c3cccc(-n4c5ccccc5c5ccccc54)c3)cc3ccccc32)cc1. The van der Waals surface area contributed by atoms with Crippen molar-refractivity contribution in [1.29, 1.82) is 0 Å². The summed E-state index contributed by atoms with van der Waals surface area (Å²) in [7, 11) is 0. The van der Waals surface area contributed by atoms with Crippen LogP contribution >= 0.6 is 0 Å². The summed E-state index contributed by atoms with van der Waals surface area (Å²) >= 11 is 0. The van der Waals surface area contributed by atoms with Crippen LogP contribution in [-0.2, 0) is 0 Å². The van der Waals surface area contributed by atoms with Gasteiger partial charge in [-0.2, -0.15) is 0 Å². The van der Waals surface area contributed by atoms with E-state index in [1.807, 2.05) is 0 Å². The van der Waals surface area contributed by atoms with Gasteiger partial charge in [0.05, 0.1) is 22.2 Å². The van der Waals surface area contributed by atoms with E-state index < -0.39 is 0 Å². The standard InChI is InChI=1S/C32H22N2/c1-2-13-25(14-3-1)33-29-18-7-4-11-24(29)22-32(33)23-12-10-15-26(21-23)34-30-19-8-5-16-27(30)28-17-6-9-20-31(28)34/h1-22H. The average Bonchev–Trinajstić information content (AvgIpc) is 3.46. The fraction of sp³-hybridized carbons (Fsp3) is 0. The van der Waals surface area contributed by atoms with Crippen molar-refractivity contribution in [2.45, 2.75) is 0 Å². The zero-order chi connectivity index (χ0) is 22.5. The molecule has 2 aromatic heterocycles. The second-order valence-corrected chi connectivity index (χ2v) is 8.68. The summed E-state index contributed by atoms with van der Waals surface area (Å²) in [5.74, 6) is 0. The number of nitrogens with zero attached hydrogens (tertiary/aromatic N) is 2. The lowest BCUT2D eigenvalue weighted by Crippen LogP contribution is -1.98. The Morgan fingerprint density at radius 1 is 0.382 bits per heavy atom. The molecule has 0 saturated heterocycles. The van der Waals surface area contributed by atoms with Gasteiger partial charge in [0.25, 0.3) is 0 Å². The molecule has 34 heavy (non-hydrogen) atoms. The molecule has 0 N–H and O–H groups in total. The maximum Gasteiger partial charge on any atom is 0.0541 e. The summed E-state index contributed by atoms with van der Waals surface area (Å²) in [6, 6.07) is 47.7. The molecule has 7 rings (SSSR count). The van der Waals surface area contributed by atoms with Crippen LogP contribution in [-0.4, -0.2) is 9.13 Å². The van der Waals surface area contributed by atoms with Gasteiger partial charge in [0.15, 0.2) is 0 Å². The zero-order valence-corrected chi connectivity index (χ0v) is 18.6. The van der Waals surface area contributed by atoms with Gasteiger partial charge < -0.3 is 9.13 Å². The lowest BCUT2D eigenvalue weighted by Gasteiger charge is -2.13. The maximum absolute atomic E-state index is 2.38. The van der Waals surface area contributed by atoms with E-state index in [1.165, 1.54) is 55.3 Å². The van der Waals surface area contributed by atoms with Crippen LogP contribution in [0.3, 0.4) is 0 Å². The normalized spacial score (nSPS) is 11.5. The molecule has 0 aliphatic carbocycles. The van der Waals surface area contributed by atoms with Crippen LogP contribution < -0.4 is 0 Å². The van der Waals surface area contributed by atoms with E-state index in [0.29, 0.717) is 0 Å². The van der Waals surface area contributed by atoms with Crippen LogP contribution in [0.5, 0.6) is 0 Å². The van der Waals surface area contributed by atoms with Gasteiger partial charge in [-0.3, -0.25) is 0 Å². The van der Waals surface area contributed by atoms with Crippen molar-refractivity contribution in [2.24, 2.45) is 0 Å². The van der Waals surface area contributed by atoms with E-state index in [9.17, 15) is 0 Å². The molecule has 0 saturated carbocycles. The number of fused-ring (bicyclic) bond motifs is 4. The third-order valence-electron chi connectivity index (χ3n) is 6.71. The fourth-order valence-electron chi connectivity index (χ4n) is 5.23. The third kappa shape index (κ3) is 2.82. The molecule has 0 radical (unpaired) electrons. The average molecular weight is 435 g/mol. The van der Waals surface area contributed by atoms with Crippen molar-refractivity contribution >= 4 is 32.7 Å². The minimum atomic E-state index is 1.17. The highest BCUT2D eigenvalue weighted by Gasteiger charge is 2.15. The molecular weight excluding hydrogens is 412 g/mol. The Morgan fingerprint density at radius 2 is 0.971 bits per heavy atom. The Balaban J connectivity index is 1.50. The van der Waals surface area contributed by atoms with Gasteiger partial charge in [-0.25, -0.2) is 0 Å². The van der Waals surface area contributed by atoms with Crippen molar-refractivity contribution in [3.05, 3.63) is 133 Å². The van der Waals surface area contributed by atoms with Crippen molar-refractivity contribution in [3.63, 3.8) is 0 Å². The predicted octanol–water partition coefficient (Wildman–Crippen LogP) is 8.39. The summed E-state index contributed by atoms with van der Waals surface area (Å²) < 4.78 is 4.74. The number of hydrogen-bond acceptors (Lipinski definition) is 0. The molecule has 5 aromatic carbocycles. The van der Waals surface area contributed by atoms with Gasteiger partial charge in [0, 0.05) is 33.1 Å². The van der Waals surface area contributed by atoms with Crippen molar-refractivity contribution in [1.82, 2.24) is 9.13 Å². The molecule has 0 bridgehead atoms. The van der Waals surface area contributed by atoms with Gasteiger partial charge in [-0.15, -0.1) is 0 Å². The highest BCUT2D eigenvalue weighted by molar-refractivity contribution is 6.09. The Labute approximate surface area is 197 Å². The maximum atomic E-state index is 2.38. The topological polar surface area (TPSA) is 9.86 Å². The molecule has 7 aromatic rings. The first kappa shape index (κ1) is 19.0. The van der Waals surface area contributed by atoms with Crippen LogP contribution in [0.1, 0.15) is 0 Å². The Kier molecular flexibility index (Phi) is 4.18. The highest BCUT2D eigenvalue weighted by atomic mass is 15.0. The summed E-state index contributed by atoms with van der Waals surface area (Å²) in [6.07, 6.45) is 0. The lowest BCUT2D eigenvalue weighted by atomic mass is 10.1. The van der Waals surface area contributed by atoms with Crippen LogP contribution in [0.2, 0.25) is 0 Å². The molecule has 0 spiro atoms. The van der Waals surface area contributed by atoms with E-state index in [-0.39, 0.29) is 0 Å². The fourth-order valence-corrected chi connectivity index (χ4v) is 5.23. The van der Waals surface area contributed by atoms with Crippen LogP contribution in [0, 0.1) is 0 Å². The smallest absolute Gasteiger partial charge is 0.0541 e. The van der Waals surface area contributed by atoms with Crippen molar-refractivity contribution in [3.8, 4) is 22.6 Å². The Morgan fingerprint density at radius 3 is 1.71 bits per heavy atom. The monoisotopic (exact) mass is 434 g/mol. The summed E-state index contributed by atoms with van der Waals surface area (Å²) in [4.78, 5) is 0. The molecule has 2 heteroatoms. The number of aromatic nitrogens is 2. The second kappa shape index (κ2) is 7.50. The van der Waals surface area contributed by atoms with Crippen LogP contribution in [0.25, 0.3) is 55.3 Å². The summed E-state index contributed by atoms with van der Waals surface area (Å²) in [6.45, 7) is 0. The number of para-hydroxylation sites is 4. The summed E-state index contributed by atoms with van der Waals surface area (Å²) in [5.41, 5.74) is 8.38. The molecule has 0 fully saturated rings.